The van der Waals surface area contributed by atoms with E-state index in [9.17, 15) is 9.59 Å². The van der Waals surface area contributed by atoms with Crippen molar-refractivity contribution >= 4 is 43.4 Å². The number of Topliss-reactive ketones (excluding diaryl/α,β-unsaturated/α-hetero) is 2. The number of alkyl halides is 2. The molecule has 18 heavy (non-hydrogen) atoms. The molecule has 1 aliphatic carbocycles. The summed E-state index contributed by atoms with van der Waals surface area (Å²) in [7, 11) is 0. The maximum atomic E-state index is 12.5. The van der Waals surface area contributed by atoms with Crippen LogP contribution in [-0.4, -0.2) is 14.8 Å². The molecule has 104 valence electrons. The van der Waals surface area contributed by atoms with Crippen molar-refractivity contribution < 1.29 is 9.59 Å². The molecule has 0 radical (unpaired) electrons. The average molecular weight is 382 g/mol. The monoisotopic (exact) mass is 380 g/mol. The minimum absolute atomic E-state index is 0.0412. The van der Waals surface area contributed by atoms with Crippen LogP contribution in [0.4, 0.5) is 0 Å². The Kier molecular flexibility index (Phi) is 4.26. The molecule has 0 saturated heterocycles. The van der Waals surface area contributed by atoms with Crippen molar-refractivity contribution in [1.82, 2.24) is 0 Å². The zero-order valence-electron chi connectivity index (χ0n) is 11.9. The van der Waals surface area contributed by atoms with Crippen LogP contribution >= 0.6 is 31.9 Å². The third-order valence-corrected chi connectivity index (χ3v) is 5.38. The largest absolute Gasteiger partial charge is 0.296 e. The quantitative estimate of drug-likeness (QED) is 0.462. The van der Waals surface area contributed by atoms with E-state index in [1.54, 1.807) is 0 Å². The van der Waals surface area contributed by atoms with Gasteiger partial charge in [-0.05, 0) is 17.3 Å². The SMILES string of the molecule is CC(C)(C)[C@@H]1C[C@H](C(C)(C)C)C(=O)C(Br)(Br)C1=O. The standard InChI is InChI=1S/C14H22Br2O2/c1-12(2,3)8-7-9(13(4,5)6)11(18)14(15,16)10(8)17/h8-9H,7H2,1-6H3/t8-,9+. The average Bonchev–Trinajstić information content (AvgIpc) is 2.11. The van der Waals surface area contributed by atoms with Crippen LogP contribution in [0.3, 0.4) is 0 Å². The summed E-state index contributed by atoms with van der Waals surface area (Å²) in [4.78, 5) is 24.9. The number of carbonyl (C=O) groups is 2. The van der Waals surface area contributed by atoms with E-state index >= 15 is 0 Å². The number of carbonyl (C=O) groups excluding carboxylic acids is 2. The van der Waals surface area contributed by atoms with Crippen LogP contribution in [0.5, 0.6) is 0 Å². The summed E-state index contributed by atoms with van der Waals surface area (Å²) >= 11 is 6.61. The Labute approximate surface area is 127 Å². The topological polar surface area (TPSA) is 34.1 Å². The molecule has 1 fully saturated rings. The van der Waals surface area contributed by atoms with Gasteiger partial charge in [-0.3, -0.25) is 9.59 Å². The van der Waals surface area contributed by atoms with Gasteiger partial charge >= 0.3 is 0 Å². The fraction of sp³-hybridized carbons (Fsp3) is 0.857. The first-order valence-electron chi connectivity index (χ1n) is 6.26. The van der Waals surface area contributed by atoms with Gasteiger partial charge in [-0.1, -0.05) is 73.4 Å². The van der Waals surface area contributed by atoms with Crippen LogP contribution in [0.1, 0.15) is 48.0 Å². The van der Waals surface area contributed by atoms with E-state index < -0.39 is 3.23 Å². The molecule has 0 aromatic carbocycles. The van der Waals surface area contributed by atoms with Crippen molar-refractivity contribution in [2.75, 3.05) is 0 Å². The Bertz CT molecular complexity index is 338. The zero-order chi connectivity index (χ0) is 14.5. The van der Waals surface area contributed by atoms with Gasteiger partial charge in [0.05, 0.1) is 0 Å². The molecule has 0 heterocycles. The van der Waals surface area contributed by atoms with Gasteiger partial charge in [-0.25, -0.2) is 0 Å². The predicted octanol–water partition coefficient (Wildman–Crippen LogP) is 4.34. The number of halogens is 2. The molecular weight excluding hydrogens is 360 g/mol. The Hall–Kier alpha value is 0.300. The maximum absolute atomic E-state index is 12.5. The molecule has 0 amide bonds. The Balaban J connectivity index is 3.23. The van der Waals surface area contributed by atoms with Crippen LogP contribution in [0.25, 0.3) is 0 Å². The van der Waals surface area contributed by atoms with Gasteiger partial charge in [0.25, 0.3) is 0 Å². The van der Waals surface area contributed by atoms with Crippen molar-refractivity contribution in [3.8, 4) is 0 Å². The first kappa shape index (κ1) is 16.4. The van der Waals surface area contributed by atoms with Gasteiger partial charge < -0.3 is 0 Å². The second-order valence-electron chi connectivity index (χ2n) is 7.38. The summed E-state index contributed by atoms with van der Waals surface area (Å²) in [5, 5.41) is 0. The van der Waals surface area contributed by atoms with Crippen LogP contribution < -0.4 is 0 Å². The summed E-state index contributed by atoms with van der Waals surface area (Å²) in [5.41, 5.74) is -0.262. The van der Waals surface area contributed by atoms with E-state index in [0.717, 1.165) is 0 Å². The minimum atomic E-state index is -1.20. The molecule has 0 aliphatic heterocycles. The van der Waals surface area contributed by atoms with E-state index in [2.05, 4.69) is 73.4 Å². The lowest BCUT2D eigenvalue weighted by atomic mass is 9.62. The molecule has 4 heteroatoms. The van der Waals surface area contributed by atoms with Crippen LogP contribution in [0.2, 0.25) is 0 Å². The third-order valence-electron chi connectivity index (χ3n) is 3.81. The molecule has 0 spiro atoms. The highest BCUT2D eigenvalue weighted by molar-refractivity contribution is 9.26. The number of hydrogen-bond acceptors (Lipinski definition) is 2. The van der Waals surface area contributed by atoms with Gasteiger partial charge in [0.2, 0.25) is 0 Å². The number of rotatable bonds is 0. The first-order chi connectivity index (χ1) is 7.79. The molecule has 2 atom stereocenters. The maximum Gasteiger partial charge on any atom is 0.196 e. The van der Waals surface area contributed by atoms with Gasteiger partial charge in [-0.15, -0.1) is 0 Å². The zero-order valence-corrected chi connectivity index (χ0v) is 15.1. The summed E-state index contributed by atoms with van der Waals surface area (Å²) < 4.78 is -1.20. The van der Waals surface area contributed by atoms with E-state index in [1.165, 1.54) is 0 Å². The lowest BCUT2D eigenvalue weighted by Gasteiger charge is -2.44. The normalized spacial score (nSPS) is 29.6. The molecule has 2 nitrogen and oxygen atoms in total. The lowest BCUT2D eigenvalue weighted by molar-refractivity contribution is -0.141. The van der Waals surface area contributed by atoms with Crippen molar-refractivity contribution in [3.63, 3.8) is 0 Å². The third kappa shape index (κ3) is 2.90. The van der Waals surface area contributed by atoms with Crippen molar-refractivity contribution in [3.05, 3.63) is 0 Å². The van der Waals surface area contributed by atoms with Gasteiger partial charge in [0, 0.05) is 11.8 Å². The molecule has 1 rings (SSSR count). The highest BCUT2D eigenvalue weighted by Gasteiger charge is 2.56. The predicted molar refractivity (Wildman–Crippen MR) is 81.1 cm³/mol. The molecular formula is C14H22Br2O2. The molecule has 0 N–H and O–H groups in total. The molecule has 1 saturated carbocycles. The van der Waals surface area contributed by atoms with Crippen molar-refractivity contribution in [2.45, 2.75) is 51.2 Å². The van der Waals surface area contributed by atoms with Crippen molar-refractivity contribution in [1.29, 1.82) is 0 Å². The van der Waals surface area contributed by atoms with Crippen LogP contribution in [0.15, 0.2) is 0 Å². The number of hydrogen-bond donors (Lipinski definition) is 0. The fourth-order valence-electron chi connectivity index (χ4n) is 2.50. The second-order valence-corrected chi connectivity index (χ2v) is 10.8. The van der Waals surface area contributed by atoms with Gasteiger partial charge in [0.15, 0.2) is 14.8 Å². The van der Waals surface area contributed by atoms with E-state index in [4.69, 9.17) is 0 Å². The van der Waals surface area contributed by atoms with E-state index in [1.807, 2.05) is 0 Å². The molecule has 0 unspecified atom stereocenters. The Morgan fingerprint density at radius 1 is 0.889 bits per heavy atom. The lowest BCUT2D eigenvalue weighted by Crippen LogP contribution is -2.54. The number of ketones is 2. The van der Waals surface area contributed by atoms with Crippen molar-refractivity contribution in [2.24, 2.45) is 22.7 Å². The van der Waals surface area contributed by atoms with E-state index in [-0.39, 0.29) is 34.2 Å². The van der Waals surface area contributed by atoms with Gasteiger partial charge in [0.1, 0.15) is 0 Å². The highest BCUT2D eigenvalue weighted by atomic mass is 79.9. The van der Waals surface area contributed by atoms with Gasteiger partial charge in [-0.2, -0.15) is 0 Å². The van der Waals surface area contributed by atoms with Crippen LogP contribution in [0, 0.1) is 22.7 Å². The fourth-order valence-corrected chi connectivity index (χ4v) is 3.61. The summed E-state index contributed by atoms with van der Waals surface area (Å²) in [6.45, 7) is 12.3. The summed E-state index contributed by atoms with van der Waals surface area (Å²) in [6.07, 6.45) is 0.642. The molecule has 0 bridgehead atoms. The summed E-state index contributed by atoms with van der Waals surface area (Å²) in [6, 6.07) is 0. The summed E-state index contributed by atoms with van der Waals surface area (Å²) in [5.74, 6) is -0.308. The highest BCUT2D eigenvalue weighted by Crippen LogP contribution is 2.50. The minimum Gasteiger partial charge on any atom is -0.296 e. The van der Waals surface area contributed by atoms with E-state index in [0.29, 0.717) is 6.42 Å². The first-order valence-corrected chi connectivity index (χ1v) is 7.84. The second kappa shape index (κ2) is 4.69. The Morgan fingerprint density at radius 2 is 1.17 bits per heavy atom. The smallest absolute Gasteiger partial charge is 0.196 e. The Morgan fingerprint density at radius 3 is 1.39 bits per heavy atom. The molecule has 0 aromatic heterocycles. The molecule has 1 aliphatic rings. The van der Waals surface area contributed by atoms with Crippen LogP contribution in [-0.2, 0) is 9.59 Å². The molecule has 0 aromatic rings.